The Morgan fingerprint density at radius 3 is 2.89 bits per heavy atom. The molecular formula is C19H22N6O2. The van der Waals surface area contributed by atoms with Gasteiger partial charge in [-0.2, -0.15) is 14.6 Å². The number of nitrogens with zero attached hydrogens (tertiary/aromatic N) is 5. The number of nitrogens with one attached hydrogen (secondary N) is 1. The van der Waals surface area contributed by atoms with E-state index in [4.69, 9.17) is 4.74 Å². The van der Waals surface area contributed by atoms with Gasteiger partial charge in [-0.25, -0.2) is 4.98 Å². The van der Waals surface area contributed by atoms with Gasteiger partial charge in [0.1, 0.15) is 17.9 Å². The highest BCUT2D eigenvalue weighted by Gasteiger charge is 2.27. The maximum atomic E-state index is 12.8. The lowest BCUT2D eigenvalue weighted by Crippen LogP contribution is -2.41. The van der Waals surface area contributed by atoms with Crippen LogP contribution in [0.2, 0.25) is 0 Å². The Hall–Kier alpha value is -3.16. The maximum absolute atomic E-state index is 12.8. The first-order valence-electron chi connectivity index (χ1n) is 9.01. The fourth-order valence-corrected chi connectivity index (χ4v) is 3.45. The van der Waals surface area contributed by atoms with Crippen molar-refractivity contribution in [2.24, 2.45) is 5.92 Å². The second kappa shape index (κ2) is 7.22. The van der Waals surface area contributed by atoms with Gasteiger partial charge in [0, 0.05) is 30.5 Å². The highest BCUT2D eigenvalue weighted by molar-refractivity contribution is 5.93. The van der Waals surface area contributed by atoms with Crippen molar-refractivity contribution >= 4 is 23.2 Å². The van der Waals surface area contributed by atoms with Crippen LogP contribution < -0.4 is 15.0 Å². The van der Waals surface area contributed by atoms with Crippen LogP contribution in [-0.2, 0) is 4.79 Å². The van der Waals surface area contributed by atoms with Gasteiger partial charge in [-0.3, -0.25) is 4.79 Å². The smallest absolute Gasteiger partial charge is 0.254 e. The molecule has 1 atom stereocenters. The number of aromatic nitrogens is 4. The summed E-state index contributed by atoms with van der Waals surface area (Å²) in [5.41, 5.74) is 1.66. The third-order valence-corrected chi connectivity index (χ3v) is 4.83. The van der Waals surface area contributed by atoms with Crippen molar-refractivity contribution in [3.8, 4) is 5.75 Å². The molecule has 1 aromatic carbocycles. The molecule has 0 spiro atoms. The number of piperidine rings is 1. The number of anilines is 2. The molecule has 0 bridgehead atoms. The molecule has 1 aliphatic rings. The molecule has 8 nitrogen and oxygen atoms in total. The summed E-state index contributed by atoms with van der Waals surface area (Å²) in [6.45, 7) is 3.46. The average Bonchev–Trinajstić information content (AvgIpc) is 3.16. The maximum Gasteiger partial charge on any atom is 0.254 e. The van der Waals surface area contributed by atoms with Crippen LogP contribution in [0.1, 0.15) is 18.5 Å². The van der Waals surface area contributed by atoms with Crippen molar-refractivity contribution in [3.05, 3.63) is 42.4 Å². The number of aryl methyl sites for hydroxylation is 1. The molecule has 0 aliphatic carbocycles. The summed E-state index contributed by atoms with van der Waals surface area (Å²) >= 11 is 0. The number of rotatable bonds is 4. The van der Waals surface area contributed by atoms with E-state index in [-0.39, 0.29) is 11.8 Å². The molecule has 1 aliphatic heterocycles. The van der Waals surface area contributed by atoms with E-state index >= 15 is 0 Å². The van der Waals surface area contributed by atoms with E-state index in [2.05, 4.69) is 25.3 Å². The molecule has 3 aromatic rings. The normalized spacial score (nSPS) is 17.1. The number of carbonyl (C=O) groups is 1. The quantitative estimate of drug-likeness (QED) is 0.763. The molecular weight excluding hydrogens is 344 g/mol. The number of hydrogen-bond acceptors (Lipinski definition) is 6. The second-order valence-corrected chi connectivity index (χ2v) is 6.73. The summed E-state index contributed by atoms with van der Waals surface area (Å²) in [5.74, 6) is 2.21. The van der Waals surface area contributed by atoms with Crippen molar-refractivity contribution in [3.63, 3.8) is 0 Å². The zero-order valence-electron chi connectivity index (χ0n) is 15.4. The second-order valence-electron chi connectivity index (χ2n) is 6.73. The van der Waals surface area contributed by atoms with E-state index in [1.807, 2.05) is 37.3 Å². The topological polar surface area (TPSA) is 84.6 Å². The zero-order chi connectivity index (χ0) is 18.8. The first kappa shape index (κ1) is 17.3. The third kappa shape index (κ3) is 3.55. The molecule has 8 heteroatoms. The van der Waals surface area contributed by atoms with Crippen LogP contribution in [0.25, 0.3) is 5.78 Å². The van der Waals surface area contributed by atoms with Crippen LogP contribution in [-0.4, -0.2) is 45.7 Å². The van der Waals surface area contributed by atoms with E-state index in [0.29, 0.717) is 12.3 Å². The van der Waals surface area contributed by atoms with Gasteiger partial charge in [0.2, 0.25) is 5.91 Å². The lowest BCUT2D eigenvalue weighted by Gasteiger charge is -2.33. The molecule has 1 saturated heterocycles. The van der Waals surface area contributed by atoms with Crippen LogP contribution in [0.3, 0.4) is 0 Å². The molecule has 0 radical (unpaired) electrons. The molecule has 1 amide bonds. The Morgan fingerprint density at radius 1 is 1.30 bits per heavy atom. The van der Waals surface area contributed by atoms with Gasteiger partial charge in [-0.05, 0) is 44.0 Å². The number of fused-ring (bicyclic) bond motifs is 1. The summed E-state index contributed by atoms with van der Waals surface area (Å²) in [5, 5.41) is 7.29. The van der Waals surface area contributed by atoms with Crippen LogP contribution in [0.15, 0.2) is 36.7 Å². The molecule has 2 aromatic heterocycles. The van der Waals surface area contributed by atoms with Crippen LogP contribution in [0, 0.1) is 12.8 Å². The van der Waals surface area contributed by atoms with Crippen molar-refractivity contribution in [2.75, 3.05) is 30.4 Å². The monoisotopic (exact) mass is 366 g/mol. The molecule has 3 heterocycles. The summed E-state index contributed by atoms with van der Waals surface area (Å²) in [6.07, 6.45) is 3.31. The summed E-state index contributed by atoms with van der Waals surface area (Å²) in [7, 11) is 1.62. The van der Waals surface area contributed by atoms with Crippen LogP contribution >= 0.6 is 0 Å². The Bertz CT molecular complexity index is 952. The molecule has 0 unspecified atom stereocenters. The number of methoxy groups -OCH3 is 1. The summed E-state index contributed by atoms with van der Waals surface area (Å²) in [6, 6.07) is 9.37. The first-order valence-corrected chi connectivity index (χ1v) is 9.01. The van der Waals surface area contributed by atoms with Gasteiger partial charge in [-0.1, -0.05) is 0 Å². The predicted octanol–water partition coefficient (Wildman–Crippen LogP) is 2.30. The van der Waals surface area contributed by atoms with Crippen molar-refractivity contribution in [1.82, 2.24) is 19.6 Å². The molecule has 4 rings (SSSR count). The van der Waals surface area contributed by atoms with Crippen LogP contribution in [0.4, 0.5) is 11.5 Å². The Balaban J connectivity index is 1.50. The van der Waals surface area contributed by atoms with E-state index in [0.717, 1.165) is 42.3 Å². The highest BCUT2D eigenvalue weighted by Crippen LogP contribution is 2.25. The van der Waals surface area contributed by atoms with Gasteiger partial charge in [-0.15, -0.1) is 0 Å². The van der Waals surface area contributed by atoms with Gasteiger partial charge in [0.15, 0.2) is 0 Å². The molecule has 140 valence electrons. The minimum Gasteiger partial charge on any atom is -0.497 e. The number of ether oxygens (including phenoxy) is 1. The summed E-state index contributed by atoms with van der Waals surface area (Å²) < 4.78 is 6.89. The number of amides is 1. The molecule has 27 heavy (non-hydrogen) atoms. The highest BCUT2D eigenvalue weighted by atomic mass is 16.5. The van der Waals surface area contributed by atoms with E-state index in [9.17, 15) is 4.79 Å². The number of benzene rings is 1. The fourth-order valence-electron chi connectivity index (χ4n) is 3.45. The Labute approximate surface area is 157 Å². The fraction of sp³-hybridized carbons (Fsp3) is 0.368. The molecule has 1 fully saturated rings. The standard InChI is InChI=1S/C19H22N6O2/c1-13-10-17(25-19(22-13)20-12-21-25)24-9-3-4-14(11-24)18(26)23-15-5-7-16(27-2)8-6-15/h5-8,10,12,14H,3-4,9,11H2,1-2H3,(H,23,26)/t14-/m1/s1. The van der Waals surface area contributed by atoms with Gasteiger partial charge in [0.05, 0.1) is 13.0 Å². The molecule has 0 saturated carbocycles. The lowest BCUT2D eigenvalue weighted by molar-refractivity contribution is -0.120. The van der Waals surface area contributed by atoms with Crippen molar-refractivity contribution in [2.45, 2.75) is 19.8 Å². The van der Waals surface area contributed by atoms with Crippen molar-refractivity contribution < 1.29 is 9.53 Å². The minimum atomic E-state index is -0.0899. The van der Waals surface area contributed by atoms with Crippen molar-refractivity contribution in [1.29, 1.82) is 0 Å². The molecule has 1 N–H and O–H groups in total. The third-order valence-electron chi connectivity index (χ3n) is 4.83. The SMILES string of the molecule is COc1ccc(NC(=O)[C@@H]2CCCN(c3cc(C)nc4ncnn34)C2)cc1. The van der Waals surface area contributed by atoms with E-state index in [1.54, 1.807) is 11.6 Å². The van der Waals surface area contributed by atoms with E-state index in [1.165, 1.54) is 6.33 Å². The number of hydrogen-bond donors (Lipinski definition) is 1. The van der Waals surface area contributed by atoms with E-state index < -0.39 is 0 Å². The first-order chi connectivity index (χ1) is 13.1. The largest absolute Gasteiger partial charge is 0.497 e. The van der Waals surface area contributed by atoms with Gasteiger partial charge >= 0.3 is 0 Å². The number of carbonyl (C=O) groups excluding carboxylic acids is 1. The Morgan fingerprint density at radius 2 is 2.11 bits per heavy atom. The van der Waals surface area contributed by atoms with Gasteiger partial charge in [0.25, 0.3) is 5.78 Å². The van der Waals surface area contributed by atoms with Gasteiger partial charge < -0.3 is 15.0 Å². The Kier molecular flexibility index (Phi) is 4.62. The average molecular weight is 366 g/mol. The lowest BCUT2D eigenvalue weighted by atomic mass is 9.97. The minimum absolute atomic E-state index is 0.0329. The zero-order valence-corrected chi connectivity index (χ0v) is 15.4. The predicted molar refractivity (Wildman–Crippen MR) is 102 cm³/mol. The van der Waals surface area contributed by atoms with Crippen LogP contribution in [0.5, 0.6) is 5.75 Å². The summed E-state index contributed by atoms with van der Waals surface area (Å²) in [4.78, 5) is 23.5.